The molecule has 2 rings (SSSR count). The molecule has 1 N–H and O–H groups in total. The molecule has 1 aromatic rings. The van der Waals surface area contributed by atoms with Gasteiger partial charge in [-0.15, -0.1) is 0 Å². The van der Waals surface area contributed by atoms with E-state index < -0.39 is 0 Å². The summed E-state index contributed by atoms with van der Waals surface area (Å²) in [6.07, 6.45) is 0. The van der Waals surface area contributed by atoms with Gasteiger partial charge in [0.25, 0.3) is 0 Å². The van der Waals surface area contributed by atoms with Crippen LogP contribution in [0.2, 0.25) is 0 Å². The molecule has 0 radical (unpaired) electrons. The van der Waals surface area contributed by atoms with Gasteiger partial charge in [0.1, 0.15) is 0 Å². The minimum absolute atomic E-state index is 0.00521. The topological polar surface area (TPSA) is 73.5 Å². The van der Waals surface area contributed by atoms with Crippen LogP contribution in [-0.2, 0) is 4.79 Å². The van der Waals surface area contributed by atoms with Crippen LogP contribution < -0.4 is 0 Å². The Labute approximate surface area is 136 Å². The van der Waals surface area contributed by atoms with Crippen molar-refractivity contribution in [1.29, 1.82) is 0 Å². The van der Waals surface area contributed by atoms with Crippen molar-refractivity contribution < 1.29 is 14.4 Å². The second kappa shape index (κ2) is 6.66. The Bertz CT molecular complexity index is 640. The molecule has 1 fully saturated rings. The smallest absolute Gasteiger partial charge is 0.219 e. The first-order valence-electron chi connectivity index (χ1n) is 7.98. The highest BCUT2D eigenvalue weighted by Crippen LogP contribution is 2.21. The van der Waals surface area contributed by atoms with E-state index >= 15 is 0 Å². The molecule has 126 valence electrons. The predicted molar refractivity (Wildman–Crippen MR) is 87.9 cm³/mol. The lowest BCUT2D eigenvalue weighted by Gasteiger charge is -2.37. The second-order valence-electron chi connectivity index (χ2n) is 6.26. The summed E-state index contributed by atoms with van der Waals surface area (Å²) in [6.45, 7) is 11.3. The number of hydrogen-bond acceptors (Lipinski definition) is 4. The maximum absolute atomic E-state index is 12.8. The minimum Gasteiger partial charge on any atom is -0.355 e. The zero-order valence-corrected chi connectivity index (χ0v) is 14.5. The van der Waals surface area contributed by atoms with E-state index in [4.69, 9.17) is 0 Å². The summed E-state index contributed by atoms with van der Waals surface area (Å²) in [4.78, 5) is 42.9. The monoisotopic (exact) mass is 319 g/mol. The van der Waals surface area contributed by atoms with E-state index in [-0.39, 0.29) is 23.5 Å². The standard InChI is InChI=1S/C17H25N3O3/c1-10-15(13(4)21)11(2)18-16(10)17(23)12(3)19-6-8-20(9-7-19)14(5)22/h12,18H,6-9H2,1-5H3. The number of ketones is 2. The number of aromatic amines is 1. The van der Waals surface area contributed by atoms with Gasteiger partial charge in [-0.25, -0.2) is 0 Å². The number of aromatic nitrogens is 1. The summed E-state index contributed by atoms with van der Waals surface area (Å²) in [5.41, 5.74) is 2.61. The predicted octanol–water partition coefficient (Wildman–Crippen LogP) is 1.57. The fourth-order valence-electron chi connectivity index (χ4n) is 3.32. The van der Waals surface area contributed by atoms with Crippen LogP contribution in [0.4, 0.5) is 0 Å². The highest BCUT2D eigenvalue weighted by Gasteiger charge is 2.29. The third-order valence-electron chi connectivity index (χ3n) is 4.72. The Hall–Kier alpha value is -1.95. The molecule has 1 saturated heterocycles. The molecule has 23 heavy (non-hydrogen) atoms. The van der Waals surface area contributed by atoms with Gasteiger partial charge in [0, 0.05) is 44.4 Å². The molecule has 6 heteroatoms. The SMILES string of the molecule is CC(=O)c1c(C)[nH]c(C(=O)C(C)N2CCN(C(C)=O)CC2)c1C. The summed E-state index contributed by atoms with van der Waals surface area (Å²) < 4.78 is 0. The zero-order valence-electron chi connectivity index (χ0n) is 14.5. The summed E-state index contributed by atoms with van der Waals surface area (Å²) >= 11 is 0. The van der Waals surface area contributed by atoms with Gasteiger partial charge in [-0.05, 0) is 33.3 Å². The van der Waals surface area contributed by atoms with Crippen LogP contribution in [0.15, 0.2) is 0 Å². The van der Waals surface area contributed by atoms with E-state index in [0.717, 1.165) is 11.3 Å². The number of rotatable bonds is 4. The number of piperazine rings is 1. The molecule has 0 bridgehead atoms. The average Bonchev–Trinajstić information content (AvgIpc) is 2.80. The highest BCUT2D eigenvalue weighted by atomic mass is 16.2. The minimum atomic E-state index is -0.277. The van der Waals surface area contributed by atoms with Crippen molar-refractivity contribution in [3.05, 3.63) is 22.5 Å². The molecule has 0 saturated carbocycles. The Morgan fingerprint density at radius 1 is 1.04 bits per heavy atom. The van der Waals surface area contributed by atoms with Gasteiger partial charge in [0.15, 0.2) is 11.6 Å². The van der Waals surface area contributed by atoms with Crippen molar-refractivity contribution in [2.24, 2.45) is 0 Å². The van der Waals surface area contributed by atoms with Gasteiger partial charge >= 0.3 is 0 Å². The van der Waals surface area contributed by atoms with Gasteiger partial charge < -0.3 is 9.88 Å². The molecular formula is C17H25N3O3. The number of Topliss-reactive ketones (excluding diaryl/α,β-unsaturated/α-hetero) is 2. The number of carbonyl (C=O) groups is 3. The molecular weight excluding hydrogens is 294 g/mol. The number of hydrogen-bond donors (Lipinski definition) is 1. The Balaban J connectivity index is 2.14. The van der Waals surface area contributed by atoms with Gasteiger partial charge in [-0.3, -0.25) is 19.3 Å². The van der Waals surface area contributed by atoms with E-state index in [1.165, 1.54) is 6.92 Å². The Morgan fingerprint density at radius 3 is 2.04 bits per heavy atom. The fraction of sp³-hybridized carbons (Fsp3) is 0.588. The maximum atomic E-state index is 12.8. The van der Waals surface area contributed by atoms with Crippen LogP contribution >= 0.6 is 0 Å². The molecule has 0 spiro atoms. The Morgan fingerprint density at radius 2 is 1.61 bits per heavy atom. The third kappa shape index (κ3) is 3.37. The van der Waals surface area contributed by atoms with E-state index in [1.807, 2.05) is 20.8 Å². The molecule has 1 aliphatic rings. The van der Waals surface area contributed by atoms with Crippen LogP contribution in [0.25, 0.3) is 0 Å². The summed E-state index contributed by atoms with van der Waals surface area (Å²) in [7, 11) is 0. The number of aryl methyl sites for hydroxylation is 1. The van der Waals surface area contributed by atoms with Gasteiger partial charge in [0.2, 0.25) is 5.91 Å². The molecule has 1 unspecified atom stereocenters. The van der Waals surface area contributed by atoms with Crippen molar-refractivity contribution >= 4 is 17.5 Å². The molecule has 0 aliphatic carbocycles. The number of H-pyrrole nitrogens is 1. The maximum Gasteiger partial charge on any atom is 0.219 e. The van der Waals surface area contributed by atoms with Crippen molar-refractivity contribution in [2.75, 3.05) is 26.2 Å². The number of nitrogens with zero attached hydrogens (tertiary/aromatic N) is 2. The normalized spacial score (nSPS) is 17.2. The van der Waals surface area contributed by atoms with Crippen LogP contribution in [0, 0.1) is 13.8 Å². The Kier molecular flexibility index (Phi) is 5.04. The second-order valence-corrected chi connectivity index (χ2v) is 6.26. The van der Waals surface area contributed by atoms with E-state index in [0.29, 0.717) is 37.4 Å². The molecule has 6 nitrogen and oxygen atoms in total. The first-order valence-corrected chi connectivity index (χ1v) is 7.98. The van der Waals surface area contributed by atoms with Crippen molar-refractivity contribution in [1.82, 2.24) is 14.8 Å². The largest absolute Gasteiger partial charge is 0.355 e. The first-order chi connectivity index (χ1) is 10.7. The van der Waals surface area contributed by atoms with Crippen molar-refractivity contribution in [3.8, 4) is 0 Å². The summed E-state index contributed by atoms with van der Waals surface area (Å²) in [5, 5.41) is 0. The molecule has 2 heterocycles. The van der Waals surface area contributed by atoms with Crippen LogP contribution in [0.1, 0.15) is 52.9 Å². The lowest BCUT2D eigenvalue weighted by molar-refractivity contribution is -0.130. The van der Waals surface area contributed by atoms with E-state index in [2.05, 4.69) is 9.88 Å². The van der Waals surface area contributed by atoms with Crippen LogP contribution in [0.3, 0.4) is 0 Å². The number of amides is 1. The van der Waals surface area contributed by atoms with Gasteiger partial charge in [-0.2, -0.15) is 0 Å². The van der Waals surface area contributed by atoms with Crippen LogP contribution in [-0.4, -0.2) is 64.5 Å². The third-order valence-corrected chi connectivity index (χ3v) is 4.72. The van der Waals surface area contributed by atoms with Crippen molar-refractivity contribution in [2.45, 2.75) is 40.7 Å². The van der Waals surface area contributed by atoms with Gasteiger partial charge in [-0.1, -0.05) is 0 Å². The van der Waals surface area contributed by atoms with E-state index in [1.54, 1.807) is 11.8 Å². The average molecular weight is 319 g/mol. The number of nitrogens with one attached hydrogen (secondary N) is 1. The summed E-state index contributed by atoms with van der Waals surface area (Å²) in [6, 6.07) is -0.277. The van der Waals surface area contributed by atoms with Crippen molar-refractivity contribution in [3.63, 3.8) is 0 Å². The van der Waals surface area contributed by atoms with Gasteiger partial charge in [0.05, 0.1) is 11.7 Å². The molecule has 1 aliphatic heterocycles. The highest BCUT2D eigenvalue weighted by molar-refractivity contribution is 6.05. The molecule has 1 aromatic heterocycles. The lowest BCUT2D eigenvalue weighted by atomic mass is 10.0. The van der Waals surface area contributed by atoms with E-state index in [9.17, 15) is 14.4 Å². The first kappa shape index (κ1) is 17.4. The summed E-state index contributed by atoms with van der Waals surface area (Å²) in [5.74, 6) is 0.0398. The lowest BCUT2D eigenvalue weighted by Crippen LogP contribution is -2.52. The number of carbonyl (C=O) groups excluding carboxylic acids is 3. The van der Waals surface area contributed by atoms with Crippen LogP contribution in [0.5, 0.6) is 0 Å². The molecule has 0 aromatic carbocycles. The molecule has 1 atom stereocenters. The molecule has 1 amide bonds. The zero-order chi connectivity index (χ0) is 17.3. The quantitative estimate of drug-likeness (QED) is 0.855. The fourth-order valence-corrected chi connectivity index (χ4v) is 3.32.